The topological polar surface area (TPSA) is 76.6 Å². The summed E-state index contributed by atoms with van der Waals surface area (Å²) in [5.74, 6) is -0.569. The molecule has 0 N–H and O–H groups in total. The number of para-hydroxylation sites is 1. The molecule has 2 heterocycles. The number of ether oxygens (including phenoxy) is 1. The lowest BCUT2D eigenvalue weighted by Gasteiger charge is -2.31. The first-order valence-electron chi connectivity index (χ1n) is 10.3. The van der Waals surface area contributed by atoms with Crippen molar-refractivity contribution in [1.82, 2.24) is 9.29 Å². The lowest BCUT2D eigenvalue weighted by Crippen LogP contribution is -2.41. The highest BCUT2D eigenvalue weighted by Gasteiger charge is 2.34. The molecule has 2 aromatic carbocycles. The first kappa shape index (κ1) is 21.9. The first-order chi connectivity index (χ1) is 14.8. The largest absolute Gasteiger partial charge is 0.458 e. The van der Waals surface area contributed by atoms with Crippen LogP contribution in [0.5, 0.6) is 0 Å². The number of thiazole rings is 1. The van der Waals surface area contributed by atoms with Gasteiger partial charge in [0.15, 0.2) is 0 Å². The number of sulfonamides is 1. The van der Waals surface area contributed by atoms with Gasteiger partial charge in [-0.2, -0.15) is 4.31 Å². The fourth-order valence-electron chi connectivity index (χ4n) is 4.27. The van der Waals surface area contributed by atoms with Crippen LogP contribution in [0.15, 0.2) is 41.3 Å². The van der Waals surface area contributed by atoms with E-state index in [1.165, 1.54) is 15.6 Å². The molecule has 164 valence electrons. The molecule has 1 saturated heterocycles. The molecule has 1 aliphatic heterocycles. The van der Waals surface area contributed by atoms with Crippen LogP contribution in [-0.2, 0) is 26.2 Å². The lowest BCUT2D eigenvalue weighted by molar-refractivity contribution is -0.151. The second-order valence-corrected chi connectivity index (χ2v) is 11.1. The van der Waals surface area contributed by atoms with Crippen molar-refractivity contribution in [1.29, 1.82) is 0 Å². The Bertz CT molecular complexity index is 1170. The number of carbonyl (C=O) groups is 1. The van der Waals surface area contributed by atoms with Gasteiger partial charge in [-0.15, -0.1) is 11.3 Å². The van der Waals surface area contributed by atoms with E-state index in [0.29, 0.717) is 30.8 Å². The quantitative estimate of drug-likeness (QED) is 0.531. The van der Waals surface area contributed by atoms with Gasteiger partial charge in [0.2, 0.25) is 10.0 Å². The van der Waals surface area contributed by atoms with Gasteiger partial charge in [-0.25, -0.2) is 13.4 Å². The SMILES string of the molecule is Cc1cc(C)c(S(=O)(=O)N2CCC(C(=O)OCc3nc4ccccc4s3)CC2)c(C)c1. The van der Waals surface area contributed by atoms with Crippen LogP contribution >= 0.6 is 11.3 Å². The number of esters is 1. The van der Waals surface area contributed by atoms with Crippen molar-refractivity contribution in [3.05, 3.63) is 58.1 Å². The van der Waals surface area contributed by atoms with Crippen LogP contribution in [-0.4, -0.2) is 36.8 Å². The van der Waals surface area contributed by atoms with Gasteiger partial charge in [0.1, 0.15) is 11.6 Å². The Labute approximate surface area is 186 Å². The van der Waals surface area contributed by atoms with E-state index in [9.17, 15) is 13.2 Å². The maximum absolute atomic E-state index is 13.2. The van der Waals surface area contributed by atoms with Crippen molar-refractivity contribution in [3.8, 4) is 0 Å². The van der Waals surface area contributed by atoms with E-state index in [1.54, 1.807) is 0 Å². The second-order valence-electron chi connectivity index (χ2n) is 8.09. The average molecular weight is 459 g/mol. The van der Waals surface area contributed by atoms with Crippen LogP contribution in [0.3, 0.4) is 0 Å². The van der Waals surface area contributed by atoms with E-state index < -0.39 is 10.0 Å². The molecule has 0 radical (unpaired) electrons. The molecule has 6 nitrogen and oxygen atoms in total. The Morgan fingerprint density at radius 2 is 1.77 bits per heavy atom. The van der Waals surface area contributed by atoms with Crippen LogP contribution in [0, 0.1) is 26.7 Å². The Morgan fingerprint density at radius 1 is 1.13 bits per heavy atom. The number of piperidine rings is 1. The molecule has 0 aliphatic carbocycles. The number of benzene rings is 2. The van der Waals surface area contributed by atoms with Crippen molar-refractivity contribution in [2.24, 2.45) is 5.92 Å². The third-order valence-electron chi connectivity index (χ3n) is 5.67. The van der Waals surface area contributed by atoms with Crippen molar-refractivity contribution >= 4 is 37.5 Å². The second kappa shape index (κ2) is 8.68. The van der Waals surface area contributed by atoms with Crippen LogP contribution in [0.25, 0.3) is 10.2 Å². The summed E-state index contributed by atoms with van der Waals surface area (Å²) in [5, 5.41) is 0.764. The van der Waals surface area contributed by atoms with Gasteiger partial charge < -0.3 is 4.74 Å². The molecule has 4 rings (SSSR count). The summed E-state index contributed by atoms with van der Waals surface area (Å²) in [6.07, 6.45) is 0.920. The molecule has 1 aromatic heterocycles. The van der Waals surface area contributed by atoms with Gasteiger partial charge in [0.25, 0.3) is 0 Å². The number of aryl methyl sites for hydroxylation is 3. The van der Waals surface area contributed by atoms with E-state index >= 15 is 0 Å². The molecule has 0 atom stereocenters. The van der Waals surface area contributed by atoms with E-state index in [0.717, 1.165) is 31.9 Å². The van der Waals surface area contributed by atoms with E-state index in [4.69, 9.17) is 4.74 Å². The maximum atomic E-state index is 13.2. The monoisotopic (exact) mass is 458 g/mol. The highest BCUT2D eigenvalue weighted by atomic mass is 32.2. The number of aromatic nitrogens is 1. The number of carbonyl (C=O) groups excluding carboxylic acids is 1. The molecule has 1 fully saturated rings. The van der Waals surface area contributed by atoms with Crippen LogP contribution in [0.4, 0.5) is 0 Å². The molecule has 3 aromatic rings. The number of nitrogens with zero attached hydrogens (tertiary/aromatic N) is 2. The Hall–Kier alpha value is -2.29. The normalized spacial score (nSPS) is 16.0. The number of rotatable bonds is 5. The molecular weight excluding hydrogens is 432 g/mol. The lowest BCUT2D eigenvalue weighted by atomic mass is 9.98. The summed E-state index contributed by atoms with van der Waals surface area (Å²) in [7, 11) is -3.59. The van der Waals surface area contributed by atoms with Crippen LogP contribution in [0.2, 0.25) is 0 Å². The van der Waals surface area contributed by atoms with E-state index in [2.05, 4.69) is 4.98 Å². The van der Waals surface area contributed by atoms with Gasteiger partial charge >= 0.3 is 5.97 Å². The fraction of sp³-hybridized carbons (Fsp3) is 0.391. The van der Waals surface area contributed by atoms with Crippen molar-refractivity contribution in [3.63, 3.8) is 0 Å². The maximum Gasteiger partial charge on any atom is 0.309 e. The third-order valence-corrected chi connectivity index (χ3v) is 8.88. The minimum absolute atomic E-state index is 0.151. The van der Waals surface area contributed by atoms with Crippen LogP contribution in [0.1, 0.15) is 34.5 Å². The predicted octanol–water partition coefficient (Wildman–Crippen LogP) is 4.37. The number of hydrogen-bond donors (Lipinski definition) is 0. The summed E-state index contributed by atoms with van der Waals surface area (Å²) in [6, 6.07) is 11.6. The molecule has 0 saturated carbocycles. The number of hydrogen-bond acceptors (Lipinski definition) is 6. The van der Waals surface area contributed by atoms with E-state index in [-0.39, 0.29) is 18.5 Å². The summed E-state index contributed by atoms with van der Waals surface area (Å²) in [4.78, 5) is 17.4. The van der Waals surface area contributed by atoms with Gasteiger partial charge in [0.05, 0.1) is 21.0 Å². The number of fused-ring (bicyclic) bond motifs is 1. The Kier molecular flexibility index (Phi) is 6.14. The Morgan fingerprint density at radius 3 is 2.42 bits per heavy atom. The molecule has 0 bridgehead atoms. The Balaban J connectivity index is 1.37. The standard InChI is InChI=1S/C23H26N2O4S2/c1-15-12-16(2)22(17(3)13-15)31(27,28)25-10-8-18(9-11-25)23(26)29-14-21-24-19-6-4-5-7-20(19)30-21/h4-7,12-13,18H,8-11,14H2,1-3H3. The van der Waals surface area contributed by atoms with Crippen molar-refractivity contribution in [2.45, 2.75) is 45.1 Å². The highest BCUT2D eigenvalue weighted by molar-refractivity contribution is 7.89. The predicted molar refractivity (Wildman–Crippen MR) is 122 cm³/mol. The smallest absolute Gasteiger partial charge is 0.309 e. The highest BCUT2D eigenvalue weighted by Crippen LogP contribution is 2.29. The van der Waals surface area contributed by atoms with Gasteiger partial charge in [-0.3, -0.25) is 4.79 Å². The van der Waals surface area contributed by atoms with Gasteiger partial charge in [-0.05, 0) is 56.9 Å². The summed E-state index contributed by atoms with van der Waals surface area (Å²) in [6.45, 7) is 6.41. The van der Waals surface area contributed by atoms with Gasteiger partial charge in [0, 0.05) is 13.1 Å². The molecule has 1 aliphatic rings. The van der Waals surface area contributed by atoms with Crippen molar-refractivity contribution in [2.75, 3.05) is 13.1 Å². The van der Waals surface area contributed by atoms with E-state index in [1.807, 2.05) is 57.2 Å². The zero-order valence-corrected chi connectivity index (χ0v) is 19.6. The molecule has 0 amide bonds. The minimum Gasteiger partial charge on any atom is -0.458 e. The molecule has 0 unspecified atom stereocenters. The molecular formula is C23H26N2O4S2. The zero-order chi connectivity index (χ0) is 22.2. The summed E-state index contributed by atoms with van der Waals surface area (Å²) in [5.41, 5.74) is 3.46. The summed E-state index contributed by atoms with van der Waals surface area (Å²) >= 11 is 1.52. The first-order valence-corrected chi connectivity index (χ1v) is 12.6. The molecule has 0 spiro atoms. The minimum atomic E-state index is -3.59. The molecule has 31 heavy (non-hydrogen) atoms. The average Bonchev–Trinajstić information content (AvgIpc) is 3.14. The molecule has 8 heteroatoms. The van der Waals surface area contributed by atoms with Crippen molar-refractivity contribution < 1.29 is 17.9 Å². The third kappa shape index (κ3) is 4.51. The zero-order valence-electron chi connectivity index (χ0n) is 17.9. The van der Waals surface area contributed by atoms with Crippen LogP contribution < -0.4 is 0 Å². The fourth-order valence-corrected chi connectivity index (χ4v) is 7.03. The summed E-state index contributed by atoms with van der Waals surface area (Å²) < 4.78 is 34.5. The van der Waals surface area contributed by atoms with Gasteiger partial charge in [-0.1, -0.05) is 29.8 Å².